The van der Waals surface area contributed by atoms with Crippen molar-refractivity contribution in [3.8, 4) is 10.4 Å². The van der Waals surface area contributed by atoms with Gasteiger partial charge in [0.25, 0.3) is 0 Å². The number of nitrogens with zero attached hydrogens (tertiary/aromatic N) is 4. The van der Waals surface area contributed by atoms with Crippen LogP contribution in [0, 0.1) is 12.3 Å². The summed E-state index contributed by atoms with van der Waals surface area (Å²) in [5.41, 5.74) is 2.05. The van der Waals surface area contributed by atoms with Crippen molar-refractivity contribution in [3.63, 3.8) is 0 Å². The second kappa shape index (κ2) is 8.57. The second-order valence-electron chi connectivity index (χ2n) is 8.90. The topological polar surface area (TPSA) is 66.0 Å². The molecular formula is C23H25F3N6S. The van der Waals surface area contributed by atoms with E-state index in [2.05, 4.69) is 30.5 Å². The standard InChI is InChI=1S/C23H25F3N6S/c1-15-10-16(12-17(11-15)30-20-28-6-2-19(31-20)23(24,25)26)18-13-29-21(33-18)32-8-4-22(5-9-32)3-7-27-14-22/h2,6,10-13,27H,3-5,7-9,14H2,1H3,(H,28,30,31). The van der Waals surface area contributed by atoms with E-state index in [-0.39, 0.29) is 5.95 Å². The monoisotopic (exact) mass is 474 g/mol. The lowest BCUT2D eigenvalue weighted by molar-refractivity contribution is -0.141. The lowest BCUT2D eigenvalue weighted by Gasteiger charge is -2.38. The van der Waals surface area contributed by atoms with E-state index in [0.717, 1.165) is 59.6 Å². The van der Waals surface area contributed by atoms with E-state index in [1.54, 1.807) is 11.3 Å². The Hall–Kier alpha value is -2.72. The molecule has 2 N–H and O–H groups in total. The molecule has 174 valence electrons. The summed E-state index contributed by atoms with van der Waals surface area (Å²) in [6, 6.07) is 6.65. The summed E-state index contributed by atoms with van der Waals surface area (Å²) in [5.74, 6) is -0.0879. The summed E-state index contributed by atoms with van der Waals surface area (Å²) < 4.78 is 38.9. The smallest absolute Gasteiger partial charge is 0.348 e. The van der Waals surface area contributed by atoms with Crippen molar-refractivity contribution in [3.05, 3.63) is 47.9 Å². The molecule has 4 heterocycles. The van der Waals surface area contributed by atoms with Crippen LogP contribution in [-0.4, -0.2) is 41.1 Å². The van der Waals surface area contributed by atoms with Gasteiger partial charge in [-0.2, -0.15) is 13.2 Å². The maximum absolute atomic E-state index is 13.0. The van der Waals surface area contributed by atoms with Crippen LogP contribution in [0.2, 0.25) is 0 Å². The van der Waals surface area contributed by atoms with Crippen LogP contribution in [0.1, 0.15) is 30.5 Å². The molecule has 0 bridgehead atoms. The van der Waals surface area contributed by atoms with Crippen molar-refractivity contribution in [2.24, 2.45) is 5.41 Å². The minimum absolute atomic E-state index is 0.0879. The zero-order chi connectivity index (χ0) is 23.1. The fraction of sp³-hybridized carbons (Fsp3) is 0.435. The van der Waals surface area contributed by atoms with Crippen LogP contribution in [0.4, 0.5) is 29.9 Å². The van der Waals surface area contributed by atoms with Crippen LogP contribution in [0.3, 0.4) is 0 Å². The molecule has 2 aromatic heterocycles. The highest BCUT2D eigenvalue weighted by molar-refractivity contribution is 7.18. The molecule has 0 amide bonds. The minimum Gasteiger partial charge on any atom is -0.348 e. The van der Waals surface area contributed by atoms with Gasteiger partial charge in [0, 0.05) is 37.7 Å². The molecule has 1 aromatic carbocycles. The Bertz CT molecular complexity index is 1130. The number of thiazole rings is 1. The molecule has 33 heavy (non-hydrogen) atoms. The molecule has 0 unspecified atom stereocenters. The Morgan fingerprint density at radius 3 is 2.67 bits per heavy atom. The van der Waals surface area contributed by atoms with Crippen molar-refractivity contribution in [1.82, 2.24) is 20.3 Å². The molecule has 0 radical (unpaired) electrons. The van der Waals surface area contributed by atoms with Crippen LogP contribution in [0.15, 0.2) is 36.7 Å². The maximum atomic E-state index is 13.0. The van der Waals surface area contributed by atoms with Crippen LogP contribution >= 0.6 is 11.3 Å². The highest BCUT2D eigenvalue weighted by atomic mass is 32.1. The zero-order valence-corrected chi connectivity index (χ0v) is 19.1. The van der Waals surface area contributed by atoms with Gasteiger partial charge in [0.2, 0.25) is 5.95 Å². The van der Waals surface area contributed by atoms with Crippen LogP contribution in [0.5, 0.6) is 0 Å². The number of aromatic nitrogens is 3. The first-order valence-corrected chi connectivity index (χ1v) is 11.8. The summed E-state index contributed by atoms with van der Waals surface area (Å²) in [6.07, 6.45) is 2.10. The average Bonchev–Trinajstić information content (AvgIpc) is 3.44. The van der Waals surface area contributed by atoms with Gasteiger partial charge in [-0.1, -0.05) is 17.4 Å². The molecule has 10 heteroatoms. The SMILES string of the molecule is Cc1cc(Nc2nccc(C(F)(F)F)n2)cc(-c2cnc(N3CCC4(CCNC4)CC3)s2)c1. The number of piperidine rings is 1. The third kappa shape index (κ3) is 4.81. The van der Waals surface area contributed by atoms with Crippen LogP contribution in [-0.2, 0) is 6.18 Å². The first-order chi connectivity index (χ1) is 15.8. The van der Waals surface area contributed by atoms with Crippen LogP contribution in [0.25, 0.3) is 10.4 Å². The largest absolute Gasteiger partial charge is 0.433 e. The van der Waals surface area contributed by atoms with Gasteiger partial charge in [-0.05, 0) is 67.5 Å². The molecular weight excluding hydrogens is 449 g/mol. The number of nitrogens with one attached hydrogen (secondary N) is 2. The van der Waals surface area contributed by atoms with Crippen LogP contribution < -0.4 is 15.5 Å². The Morgan fingerprint density at radius 2 is 1.94 bits per heavy atom. The number of rotatable bonds is 4. The summed E-state index contributed by atoms with van der Waals surface area (Å²) >= 11 is 1.64. The molecule has 2 aliphatic rings. The Kier molecular flexibility index (Phi) is 5.74. The average molecular weight is 475 g/mol. The fourth-order valence-electron chi connectivity index (χ4n) is 4.64. The van der Waals surface area contributed by atoms with E-state index in [1.165, 1.54) is 19.3 Å². The number of benzene rings is 1. The molecule has 5 rings (SSSR count). The minimum atomic E-state index is -4.52. The quantitative estimate of drug-likeness (QED) is 0.538. The number of halogens is 3. The first kappa shape index (κ1) is 22.1. The third-order valence-electron chi connectivity index (χ3n) is 6.48. The van der Waals surface area contributed by atoms with E-state index in [4.69, 9.17) is 0 Å². The molecule has 2 fully saturated rings. The number of anilines is 3. The molecule has 1 spiro atoms. The predicted octanol–water partition coefficient (Wildman–Crippen LogP) is 5.25. The molecule has 0 atom stereocenters. The van der Waals surface area contributed by atoms with Gasteiger partial charge in [-0.25, -0.2) is 15.0 Å². The van der Waals surface area contributed by atoms with E-state index in [9.17, 15) is 13.2 Å². The summed E-state index contributed by atoms with van der Waals surface area (Å²) in [6.45, 7) is 6.23. The molecule has 0 saturated carbocycles. The van der Waals surface area contributed by atoms with Crippen molar-refractivity contribution < 1.29 is 13.2 Å². The van der Waals surface area contributed by atoms with Crippen molar-refractivity contribution in [2.45, 2.75) is 32.4 Å². The highest BCUT2D eigenvalue weighted by Gasteiger charge is 2.37. The first-order valence-electron chi connectivity index (χ1n) is 11.0. The maximum Gasteiger partial charge on any atom is 0.433 e. The second-order valence-corrected chi connectivity index (χ2v) is 9.91. The van der Waals surface area contributed by atoms with Crippen molar-refractivity contribution in [2.75, 3.05) is 36.4 Å². The number of hydrogen-bond donors (Lipinski definition) is 2. The Labute approximate surface area is 194 Å². The van der Waals surface area contributed by atoms with Crippen molar-refractivity contribution in [1.29, 1.82) is 0 Å². The van der Waals surface area contributed by atoms with Crippen molar-refractivity contribution >= 4 is 28.1 Å². The molecule has 2 saturated heterocycles. The zero-order valence-electron chi connectivity index (χ0n) is 18.2. The summed E-state index contributed by atoms with van der Waals surface area (Å²) in [4.78, 5) is 15.6. The van der Waals surface area contributed by atoms with Gasteiger partial charge in [-0.3, -0.25) is 0 Å². The number of aryl methyl sites for hydroxylation is 1. The van der Waals surface area contributed by atoms with E-state index in [0.29, 0.717) is 11.1 Å². The molecule has 2 aliphatic heterocycles. The van der Waals surface area contributed by atoms with Gasteiger partial charge >= 0.3 is 6.18 Å². The van der Waals surface area contributed by atoms with Gasteiger partial charge < -0.3 is 15.5 Å². The lowest BCUT2D eigenvalue weighted by atomic mass is 9.78. The van der Waals surface area contributed by atoms with E-state index < -0.39 is 11.9 Å². The predicted molar refractivity (Wildman–Crippen MR) is 124 cm³/mol. The normalized spacial score (nSPS) is 18.1. The Morgan fingerprint density at radius 1 is 1.12 bits per heavy atom. The van der Waals surface area contributed by atoms with Gasteiger partial charge in [-0.15, -0.1) is 0 Å². The number of alkyl halides is 3. The summed E-state index contributed by atoms with van der Waals surface area (Å²) in [5, 5.41) is 7.43. The Balaban J connectivity index is 1.32. The van der Waals surface area contributed by atoms with Gasteiger partial charge in [0.1, 0.15) is 5.69 Å². The summed E-state index contributed by atoms with van der Waals surface area (Å²) in [7, 11) is 0. The van der Waals surface area contributed by atoms with Gasteiger partial charge in [0.05, 0.1) is 4.88 Å². The molecule has 3 aromatic rings. The van der Waals surface area contributed by atoms with E-state index in [1.807, 2.05) is 31.3 Å². The lowest BCUT2D eigenvalue weighted by Crippen LogP contribution is -2.41. The van der Waals surface area contributed by atoms with Gasteiger partial charge in [0.15, 0.2) is 5.13 Å². The highest BCUT2D eigenvalue weighted by Crippen LogP contribution is 2.40. The number of hydrogen-bond acceptors (Lipinski definition) is 7. The molecule has 0 aliphatic carbocycles. The third-order valence-corrected chi connectivity index (χ3v) is 7.59. The molecule has 6 nitrogen and oxygen atoms in total. The van der Waals surface area contributed by atoms with E-state index >= 15 is 0 Å². The fourth-order valence-corrected chi connectivity index (χ4v) is 5.60.